The van der Waals surface area contributed by atoms with Crippen LogP contribution in [0.3, 0.4) is 0 Å². The minimum Gasteiger partial charge on any atom is -0.453 e. The second-order valence-electron chi connectivity index (χ2n) is 2.43. The van der Waals surface area contributed by atoms with Crippen molar-refractivity contribution in [3.05, 3.63) is 35.9 Å². The van der Waals surface area contributed by atoms with E-state index in [9.17, 15) is 4.79 Å². The normalized spacial score (nSPS) is 10.8. The molecule has 0 aliphatic rings. The number of ether oxygens (including phenoxy) is 1. The number of nitrogens with one attached hydrogen (secondary N) is 1. The molecule has 0 saturated heterocycles. The summed E-state index contributed by atoms with van der Waals surface area (Å²) in [5, 5.41) is 13.9. The number of carbonyl (C=O) groups excluding carboxylic acids is 1. The summed E-state index contributed by atoms with van der Waals surface area (Å²) < 4.78 is 4.36. The third-order valence-electron chi connectivity index (χ3n) is 1.55. The molecular formula is C9H10N2O3. The van der Waals surface area contributed by atoms with E-state index in [1.54, 1.807) is 24.3 Å². The summed E-state index contributed by atoms with van der Waals surface area (Å²) in [4.78, 5) is 10.8. The van der Waals surface area contributed by atoms with E-state index in [1.807, 2.05) is 6.07 Å². The topological polar surface area (TPSA) is 70.9 Å². The molecule has 0 spiro atoms. The maximum Gasteiger partial charge on any atom is 0.412 e. The maximum absolute atomic E-state index is 10.8. The predicted octanol–water partition coefficient (Wildman–Crippen LogP) is 1.18. The van der Waals surface area contributed by atoms with Gasteiger partial charge in [-0.15, -0.1) is 0 Å². The Morgan fingerprint density at radius 2 is 2.07 bits per heavy atom. The first-order valence-electron chi connectivity index (χ1n) is 3.90. The molecule has 0 aliphatic heterocycles. The molecule has 0 aliphatic carbocycles. The van der Waals surface area contributed by atoms with Crippen LogP contribution < -0.4 is 5.32 Å². The molecule has 1 aromatic carbocycles. The van der Waals surface area contributed by atoms with Gasteiger partial charge < -0.3 is 9.94 Å². The molecular weight excluding hydrogens is 184 g/mol. The van der Waals surface area contributed by atoms with E-state index in [-0.39, 0.29) is 5.84 Å². The Hall–Kier alpha value is -2.04. The standard InChI is InChI=1S/C9H10N2O3/c1-14-9(12)10-8(11-13)7-5-3-2-4-6-7/h2-6,13H,1H3,(H,10,11,12). The fraction of sp³-hybridized carbons (Fsp3) is 0.111. The van der Waals surface area contributed by atoms with Crippen LogP contribution in [0.5, 0.6) is 0 Å². The molecule has 1 rings (SSSR count). The number of alkyl carbamates (subject to hydrolysis) is 1. The van der Waals surface area contributed by atoms with E-state index >= 15 is 0 Å². The van der Waals surface area contributed by atoms with Gasteiger partial charge in [0.1, 0.15) is 0 Å². The molecule has 0 radical (unpaired) electrons. The largest absolute Gasteiger partial charge is 0.453 e. The summed E-state index contributed by atoms with van der Waals surface area (Å²) in [6.45, 7) is 0. The SMILES string of the molecule is COC(=O)NC(=NO)c1ccccc1. The van der Waals surface area contributed by atoms with Crippen LogP contribution in [0.25, 0.3) is 0 Å². The van der Waals surface area contributed by atoms with Gasteiger partial charge in [0.15, 0.2) is 5.84 Å². The first-order chi connectivity index (χ1) is 6.77. The quantitative estimate of drug-likeness (QED) is 0.305. The lowest BCUT2D eigenvalue weighted by molar-refractivity contribution is 0.176. The molecule has 5 heteroatoms. The summed E-state index contributed by atoms with van der Waals surface area (Å²) in [5.41, 5.74) is 0.598. The number of amidine groups is 1. The number of oxime groups is 1. The monoisotopic (exact) mass is 194 g/mol. The minimum atomic E-state index is -0.679. The van der Waals surface area contributed by atoms with Crippen LogP contribution in [0.4, 0.5) is 4.79 Å². The zero-order valence-electron chi connectivity index (χ0n) is 7.60. The van der Waals surface area contributed by atoms with Gasteiger partial charge in [-0.2, -0.15) is 0 Å². The van der Waals surface area contributed by atoms with E-state index in [0.717, 1.165) is 0 Å². The van der Waals surface area contributed by atoms with Crippen molar-refractivity contribution >= 4 is 11.9 Å². The van der Waals surface area contributed by atoms with Gasteiger partial charge in [-0.05, 0) is 0 Å². The number of rotatable bonds is 1. The molecule has 1 amide bonds. The van der Waals surface area contributed by atoms with Gasteiger partial charge in [0.2, 0.25) is 0 Å². The van der Waals surface area contributed by atoms with Crippen LogP contribution in [-0.2, 0) is 4.74 Å². The smallest absolute Gasteiger partial charge is 0.412 e. The molecule has 0 fully saturated rings. The van der Waals surface area contributed by atoms with Crippen molar-refractivity contribution in [3.63, 3.8) is 0 Å². The number of hydrogen-bond donors (Lipinski definition) is 2. The highest BCUT2D eigenvalue weighted by Crippen LogP contribution is 1.98. The molecule has 2 N–H and O–H groups in total. The van der Waals surface area contributed by atoms with Crippen molar-refractivity contribution < 1.29 is 14.7 Å². The molecule has 0 unspecified atom stereocenters. The highest BCUT2D eigenvalue weighted by molar-refractivity contribution is 6.05. The lowest BCUT2D eigenvalue weighted by Gasteiger charge is -2.04. The number of benzene rings is 1. The van der Waals surface area contributed by atoms with E-state index < -0.39 is 6.09 Å². The lowest BCUT2D eigenvalue weighted by Crippen LogP contribution is -2.31. The molecule has 1 aromatic rings. The van der Waals surface area contributed by atoms with Crippen LogP contribution in [0.1, 0.15) is 5.56 Å². The molecule has 0 saturated carbocycles. The Morgan fingerprint density at radius 3 is 2.57 bits per heavy atom. The first-order valence-corrected chi connectivity index (χ1v) is 3.90. The molecule has 5 nitrogen and oxygen atoms in total. The Labute approximate surface area is 81.0 Å². The number of methoxy groups -OCH3 is 1. The fourth-order valence-corrected chi connectivity index (χ4v) is 0.899. The minimum absolute atomic E-state index is 0.0532. The average molecular weight is 194 g/mol. The van der Waals surface area contributed by atoms with Gasteiger partial charge >= 0.3 is 6.09 Å². The van der Waals surface area contributed by atoms with E-state index in [4.69, 9.17) is 5.21 Å². The van der Waals surface area contributed by atoms with E-state index in [1.165, 1.54) is 7.11 Å². The van der Waals surface area contributed by atoms with E-state index in [0.29, 0.717) is 5.56 Å². The van der Waals surface area contributed by atoms with Gasteiger partial charge in [-0.3, -0.25) is 5.32 Å². The van der Waals surface area contributed by atoms with Crippen LogP contribution >= 0.6 is 0 Å². The van der Waals surface area contributed by atoms with Crippen molar-refractivity contribution in [2.24, 2.45) is 5.16 Å². The molecule has 0 bridgehead atoms. The predicted molar refractivity (Wildman–Crippen MR) is 50.3 cm³/mol. The van der Waals surface area contributed by atoms with Gasteiger partial charge in [-0.25, -0.2) is 4.79 Å². The van der Waals surface area contributed by atoms with E-state index in [2.05, 4.69) is 15.2 Å². The van der Waals surface area contributed by atoms with Crippen molar-refractivity contribution in [2.75, 3.05) is 7.11 Å². The summed E-state index contributed by atoms with van der Waals surface area (Å²) >= 11 is 0. The zero-order chi connectivity index (χ0) is 10.4. The van der Waals surface area contributed by atoms with Crippen molar-refractivity contribution in [1.82, 2.24) is 5.32 Å². The molecule has 74 valence electrons. The summed E-state index contributed by atoms with van der Waals surface area (Å²) in [5.74, 6) is 0.0532. The number of carbonyl (C=O) groups is 1. The average Bonchev–Trinajstić information content (AvgIpc) is 2.26. The highest BCUT2D eigenvalue weighted by Gasteiger charge is 2.07. The maximum atomic E-state index is 10.8. The Kier molecular flexibility index (Phi) is 3.49. The van der Waals surface area contributed by atoms with Crippen molar-refractivity contribution in [2.45, 2.75) is 0 Å². The number of amides is 1. The lowest BCUT2D eigenvalue weighted by atomic mass is 10.2. The highest BCUT2D eigenvalue weighted by atomic mass is 16.5. The third-order valence-corrected chi connectivity index (χ3v) is 1.55. The van der Waals surface area contributed by atoms with Gasteiger partial charge in [0.05, 0.1) is 7.11 Å². The van der Waals surface area contributed by atoms with Gasteiger partial charge in [0, 0.05) is 5.56 Å². The Bertz CT molecular complexity index is 335. The van der Waals surface area contributed by atoms with Crippen molar-refractivity contribution in [3.8, 4) is 0 Å². The van der Waals surface area contributed by atoms with Crippen LogP contribution in [-0.4, -0.2) is 24.2 Å². The molecule has 0 aromatic heterocycles. The second kappa shape index (κ2) is 4.86. The third kappa shape index (κ3) is 2.48. The van der Waals surface area contributed by atoms with Crippen LogP contribution in [0.2, 0.25) is 0 Å². The molecule has 14 heavy (non-hydrogen) atoms. The zero-order valence-corrected chi connectivity index (χ0v) is 7.60. The van der Waals surface area contributed by atoms with Gasteiger partial charge in [0.25, 0.3) is 0 Å². The molecule has 0 atom stereocenters. The summed E-state index contributed by atoms with van der Waals surface area (Å²) in [6.07, 6.45) is -0.679. The number of nitrogens with zero attached hydrogens (tertiary/aromatic N) is 1. The first kappa shape index (κ1) is 10.0. The van der Waals surface area contributed by atoms with Crippen LogP contribution in [0.15, 0.2) is 35.5 Å². The second-order valence-corrected chi connectivity index (χ2v) is 2.43. The summed E-state index contributed by atoms with van der Waals surface area (Å²) in [7, 11) is 1.23. The fourth-order valence-electron chi connectivity index (χ4n) is 0.899. The molecule has 0 heterocycles. The summed E-state index contributed by atoms with van der Waals surface area (Å²) in [6, 6.07) is 8.74. The van der Waals surface area contributed by atoms with Gasteiger partial charge in [-0.1, -0.05) is 35.5 Å². The van der Waals surface area contributed by atoms with Crippen LogP contribution in [0, 0.1) is 0 Å². The Morgan fingerprint density at radius 1 is 1.43 bits per heavy atom. The number of hydrogen-bond acceptors (Lipinski definition) is 4. The van der Waals surface area contributed by atoms with Crippen molar-refractivity contribution in [1.29, 1.82) is 0 Å². The Balaban J connectivity index is 2.79.